The van der Waals surface area contributed by atoms with Crippen LogP contribution >= 0.6 is 23.2 Å². The molecule has 1 aromatic heterocycles. The van der Waals surface area contributed by atoms with Crippen LogP contribution in [0.3, 0.4) is 0 Å². The van der Waals surface area contributed by atoms with Gasteiger partial charge in [-0.15, -0.1) is 0 Å². The van der Waals surface area contributed by atoms with Gasteiger partial charge in [-0.3, -0.25) is 0 Å². The molecule has 0 radical (unpaired) electrons. The van der Waals surface area contributed by atoms with E-state index >= 15 is 0 Å². The molecule has 0 N–H and O–H groups in total. The molecule has 0 aliphatic heterocycles. The van der Waals surface area contributed by atoms with Crippen molar-refractivity contribution in [2.24, 2.45) is 0 Å². The molecule has 1 aliphatic carbocycles. The van der Waals surface area contributed by atoms with Crippen molar-refractivity contribution in [2.45, 2.75) is 52.5 Å². The van der Waals surface area contributed by atoms with Crippen LogP contribution in [-0.4, -0.2) is 4.57 Å². The van der Waals surface area contributed by atoms with E-state index in [0.717, 1.165) is 41.2 Å². The number of hydrogen-bond donors (Lipinski definition) is 0. The molecule has 3 heteroatoms. The molecular weight excluding hydrogens is 373 g/mol. The molecule has 0 saturated carbocycles. The summed E-state index contributed by atoms with van der Waals surface area (Å²) in [6, 6.07) is 10.6. The lowest BCUT2D eigenvalue weighted by Gasteiger charge is -2.15. The molecule has 1 nitrogen and oxygen atoms in total. The van der Waals surface area contributed by atoms with E-state index in [1.165, 1.54) is 45.6 Å². The molecular formula is C24H25Cl2N. The van der Waals surface area contributed by atoms with Crippen LogP contribution in [0.15, 0.2) is 52.6 Å². The van der Waals surface area contributed by atoms with Gasteiger partial charge >= 0.3 is 0 Å². The highest BCUT2D eigenvalue weighted by molar-refractivity contribution is 6.37. The third kappa shape index (κ3) is 3.32. The van der Waals surface area contributed by atoms with Crippen LogP contribution in [0.5, 0.6) is 0 Å². The van der Waals surface area contributed by atoms with Crippen LogP contribution < -0.4 is 5.35 Å². The maximum atomic E-state index is 6.58. The topological polar surface area (TPSA) is 4.93 Å². The number of rotatable bonds is 4. The number of aromatic nitrogens is 1. The molecule has 2 aromatic carbocycles. The predicted octanol–water partition coefficient (Wildman–Crippen LogP) is 7.37. The van der Waals surface area contributed by atoms with Crippen LogP contribution in [-0.2, 0) is 6.54 Å². The molecule has 27 heavy (non-hydrogen) atoms. The Morgan fingerprint density at radius 3 is 2.67 bits per heavy atom. The zero-order valence-electron chi connectivity index (χ0n) is 16.0. The molecule has 3 aromatic rings. The van der Waals surface area contributed by atoms with Crippen molar-refractivity contribution in [3.63, 3.8) is 0 Å². The zero-order chi connectivity index (χ0) is 19.0. The lowest BCUT2D eigenvalue weighted by molar-refractivity contribution is 0.640. The highest BCUT2D eigenvalue weighted by atomic mass is 35.5. The Hall–Kier alpha value is -1.70. The first-order chi connectivity index (χ1) is 13.1. The normalized spacial score (nSPS) is 17.8. The minimum absolute atomic E-state index is 0.819. The summed E-state index contributed by atoms with van der Waals surface area (Å²) in [6.45, 7) is 5.39. The summed E-state index contributed by atoms with van der Waals surface area (Å²) in [5.41, 5.74) is 3.83. The summed E-state index contributed by atoms with van der Waals surface area (Å²) < 4.78 is 2.45. The minimum Gasteiger partial charge on any atom is -0.340 e. The van der Waals surface area contributed by atoms with Crippen molar-refractivity contribution in [1.82, 2.24) is 4.57 Å². The van der Waals surface area contributed by atoms with E-state index in [-0.39, 0.29) is 0 Å². The maximum absolute atomic E-state index is 6.58. The minimum atomic E-state index is 0.819. The van der Waals surface area contributed by atoms with E-state index < -0.39 is 0 Å². The number of allylic oxidation sites excluding steroid dienone is 4. The number of nitrogens with zero attached hydrogens (tertiary/aromatic N) is 1. The van der Waals surface area contributed by atoms with Gasteiger partial charge in [-0.1, -0.05) is 66.4 Å². The Morgan fingerprint density at radius 1 is 1.04 bits per heavy atom. The molecule has 1 heterocycles. The van der Waals surface area contributed by atoms with Gasteiger partial charge < -0.3 is 4.57 Å². The fraction of sp³-hybridized carbons (Fsp3) is 0.333. The Balaban J connectivity index is 1.99. The van der Waals surface area contributed by atoms with Crippen molar-refractivity contribution in [1.29, 1.82) is 0 Å². The van der Waals surface area contributed by atoms with Crippen LogP contribution in [0, 0.1) is 0 Å². The Morgan fingerprint density at radius 2 is 1.85 bits per heavy atom. The first-order valence-electron chi connectivity index (χ1n) is 9.87. The van der Waals surface area contributed by atoms with E-state index in [2.05, 4.69) is 54.8 Å². The summed E-state index contributed by atoms with van der Waals surface area (Å²) in [6.07, 6.45) is 10.2. The van der Waals surface area contributed by atoms with Crippen molar-refractivity contribution >= 4 is 51.0 Å². The lowest BCUT2D eigenvalue weighted by Crippen LogP contribution is -2.16. The number of halogens is 2. The smallest absolute Gasteiger partial charge is 0.0498 e. The Bertz CT molecular complexity index is 1110. The van der Waals surface area contributed by atoms with Crippen LogP contribution in [0.2, 0.25) is 5.02 Å². The fourth-order valence-electron chi connectivity index (χ4n) is 4.18. The molecule has 0 saturated heterocycles. The van der Waals surface area contributed by atoms with E-state index in [9.17, 15) is 0 Å². The summed E-state index contributed by atoms with van der Waals surface area (Å²) in [5, 5.41) is 6.70. The predicted molar refractivity (Wildman–Crippen MR) is 120 cm³/mol. The molecule has 1 aliphatic rings. The second-order valence-corrected chi connectivity index (χ2v) is 8.28. The molecule has 0 amide bonds. The first-order valence-corrected chi connectivity index (χ1v) is 10.6. The Kier molecular flexibility index (Phi) is 5.34. The molecule has 0 atom stereocenters. The number of aryl methyl sites for hydroxylation is 1. The second kappa shape index (κ2) is 7.73. The summed E-state index contributed by atoms with van der Waals surface area (Å²) in [7, 11) is 0. The monoisotopic (exact) mass is 397 g/mol. The van der Waals surface area contributed by atoms with Gasteiger partial charge in [0.2, 0.25) is 0 Å². The average molecular weight is 398 g/mol. The fourth-order valence-corrected chi connectivity index (χ4v) is 4.65. The standard InChI is InChI=1S/C24H25Cl2N/c1-3-4-15-27-21(13-11-17-8-5-7-16(2)24(17)26)19-10-6-9-18-20(25)12-14-22(27)23(18)19/h6,9-14H,3-5,7-8,15H2,1-2H3/b17-11+,21-13+. The second-order valence-electron chi connectivity index (χ2n) is 7.49. The number of hydrogen-bond acceptors (Lipinski definition) is 0. The third-order valence-electron chi connectivity index (χ3n) is 5.66. The van der Waals surface area contributed by atoms with Gasteiger partial charge in [0.15, 0.2) is 0 Å². The van der Waals surface area contributed by atoms with Gasteiger partial charge in [-0.2, -0.15) is 0 Å². The zero-order valence-corrected chi connectivity index (χ0v) is 17.5. The largest absolute Gasteiger partial charge is 0.340 e. The quantitative estimate of drug-likeness (QED) is 0.432. The molecule has 0 bridgehead atoms. The van der Waals surface area contributed by atoms with Gasteiger partial charge in [-0.25, -0.2) is 0 Å². The van der Waals surface area contributed by atoms with E-state index in [0.29, 0.717) is 0 Å². The highest BCUT2D eigenvalue weighted by Crippen LogP contribution is 2.33. The van der Waals surface area contributed by atoms with Gasteiger partial charge in [0.1, 0.15) is 0 Å². The van der Waals surface area contributed by atoms with Crippen LogP contribution in [0.1, 0.15) is 46.0 Å². The summed E-state index contributed by atoms with van der Waals surface area (Å²) in [4.78, 5) is 0. The molecule has 0 fully saturated rings. The lowest BCUT2D eigenvalue weighted by atomic mass is 9.95. The summed E-state index contributed by atoms with van der Waals surface area (Å²) >= 11 is 13.1. The van der Waals surface area contributed by atoms with Crippen LogP contribution in [0.4, 0.5) is 0 Å². The van der Waals surface area contributed by atoms with Crippen molar-refractivity contribution in [3.8, 4) is 0 Å². The molecule has 0 unspecified atom stereocenters. The van der Waals surface area contributed by atoms with Crippen molar-refractivity contribution in [3.05, 3.63) is 63.0 Å². The maximum Gasteiger partial charge on any atom is 0.0498 e. The molecule has 140 valence electrons. The van der Waals surface area contributed by atoms with Gasteiger partial charge in [0.05, 0.1) is 0 Å². The SMILES string of the molecule is CCCCn1/c(=C/C=C2\CCCC(C)=C2Cl)c2cccc3c(Cl)ccc1c32. The number of unbranched alkanes of at least 4 members (excludes halogenated alkanes) is 1. The highest BCUT2D eigenvalue weighted by Gasteiger charge is 2.14. The van der Waals surface area contributed by atoms with E-state index in [4.69, 9.17) is 23.2 Å². The van der Waals surface area contributed by atoms with Crippen LogP contribution in [0.25, 0.3) is 27.8 Å². The third-order valence-corrected chi connectivity index (χ3v) is 6.55. The van der Waals surface area contributed by atoms with Gasteiger partial charge in [0.25, 0.3) is 0 Å². The van der Waals surface area contributed by atoms with Crippen molar-refractivity contribution < 1.29 is 0 Å². The van der Waals surface area contributed by atoms with Gasteiger partial charge in [-0.05, 0) is 56.4 Å². The average Bonchev–Trinajstić information content (AvgIpc) is 2.98. The van der Waals surface area contributed by atoms with Crippen molar-refractivity contribution in [2.75, 3.05) is 0 Å². The summed E-state index contributed by atoms with van der Waals surface area (Å²) in [5.74, 6) is 0. The van der Waals surface area contributed by atoms with E-state index in [1.54, 1.807) is 0 Å². The first kappa shape index (κ1) is 18.7. The molecule has 0 spiro atoms. The van der Waals surface area contributed by atoms with Gasteiger partial charge in [0, 0.05) is 43.6 Å². The number of benzene rings is 2. The van der Waals surface area contributed by atoms with E-state index in [1.807, 2.05) is 6.07 Å². The Labute approximate surface area is 170 Å². The molecule has 4 rings (SSSR count).